The zero-order valence-corrected chi connectivity index (χ0v) is 13.7. The average molecular weight is 366 g/mol. The molecule has 8 nitrogen and oxygen atoms in total. The number of fused-ring (bicyclic) bond motifs is 1. The molecule has 0 saturated carbocycles. The van der Waals surface area contributed by atoms with E-state index in [-0.39, 0.29) is 40.4 Å². The molecule has 2 heterocycles. The Labute approximate surface area is 150 Å². The summed E-state index contributed by atoms with van der Waals surface area (Å²) in [6.07, 6.45) is 2.78. The van der Waals surface area contributed by atoms with Crippen LogP contribution in [0.4, 0.5) is 10.1 Å². The third kappa shape index (κ3) is 3.17. The second-order valence-electron chi connectivity index (χ2n) is 5.76. The van der Waals surface area contributed by atoms with Crippen LogP contribution in [-0.4, -0.2) is 19.5 Å². The molecular weight excluding hydrogens is 355 g/mol. The molecule has 4 aromatic rings. The van der Waals surface area contributed by atoms with Crippen LogP contribution in [0.15, 0.2) is 64.2 Å². The van der Waals surface area contributed by atoms with Gasteiger partial charge in [0.1, 0.15) is 12.4 Å². The predicted octanol–water partition coefficient (Wildman–Crippen LogP) is 3.15. The highest BCUT2D eigenvalue weighted by Crippen LogP contribution is 2.21. The van der Waals surface area contributed by atoms with Crippen molar-refractivity contribution in [1.29, 1.82) is 0 Å². The standard InChI is InChI=1S/C18H11FN4O4/c19-12-3-1-11(2-4-12)16-8-20-17(27-16)9-22-10-21-15-7-13(23(25)26)5-6-14(15)18(22)24/h1-8,10H,9H2. The molecule has 4 rings (SSSR count). The van der Waals surface area contributed by atoms with Gasteiger partial charge in [-0.05, 0) is 30.3 Å². The lowest BCUT2D eigenvalue weighted by atomic mass is 10.2. The topological polar surface area (TPSA) is 104 Å². The minimum absolute atomic E-state index is 0.0416. The number of benzene rings is 2. The largest absolute Gasteiger partial charge is 0.439 e. The van der Waals surface area contributed by atoms with Gasteiger partial charge in [0.2, 0.25) is 5.89 Å². The van der Waals surface area contributed by atoms with Gasteiger partial charge in [-0.3, -0.25) is 19.5 Å². The molecule has 134 valence electrons. The summed E-state index contributed by atoms with van der Waals surface area (Å²) in [5.41, 5.74) is 0.400. The SMILES string of the molecule is O=c1c2ccc([N+](=O)[O-])cc2ncn1Cc1ncc(-c2ccc(F)cc2)o1. The van der Waals surface area contributed by atoms with Gasteiger partial charge in [-0.2, -0.15) is 0 Å². The Morgan fingerprint density at radius 1 is 1.15 bits per heavy atom. The Balaban J connectivity index is 1.65. The Kier molecular flexibility index (Phi) is 3.96. The van der Waals surface area contributed by atoms with Gasteiger partial charge in [0.25, 0.3) is 11.2 Å². The number of hydrogen-bond acceptors (Lipinski definition) is 6. The van der Waals surface area contributed by atoms with Gasteiger partial charge in [-0.1, -0.05) is 0 Å². The molecule has 0 atom stereocenters. The summed E-state index contributed by atoms with van der Waals surface area (Å²) in [7, 11) is 0. The first-order valence-electron chi connectivity index (χ1n) is 7.85. The van der Waals surface area contributed by atoms with Gasteiger partial charge in [-0.15, -0.1) is 0 Å². The Morgan fingerprint density at radius 2 is 1.93 bits per heavy atom. The first-order chi connectivity index (χ1) is 13.0. The lowest BCUT2D eigenvalue weighted by molar-refractivity contribution is -0.384. The minimum Gasteiger partial charge on any atom is -0.439 e. The third-order valence-electron chi connectivity index (χ3n) is 4.01. The molecule has 9 heteroatoms. The summed E-state index contributed by atoms with van der Waals surface area (Å²) >= 11 is 0. The second-order valence-corrected chi connectivity index (χ2v) is 5.76. The van der Waals surface area contributed by atoms with Gasteiger partial charge >= 0.3 is 0 Å². The van der Waals surface area contributed by atoms with Crippen molar-refractivity contribution >= 4 is 16.6 Å². The summed E-state index contributed by atoms with van der Waals surface area (Å²) in [6.45, 7) is 0.0416. The molecule has 0 fully saturated rings. The molecule has 0 unspecified atom stereocenters. The number of aromatic nitrogens is 3. The number of nitro benzene ring substituents is 1. The van der Waals surface area contributed by atoms with Crippen LogP contribution in [0.2, 0.25) is 0 Å². The van der Waals surface area contributed by atoms with E-state index in [1.807, 2.05) is 0 Å². The first-order valence-corrected chi connectivity index (χ1v) is 7.85. The van der Waals surface area contributed by atoms with Gasteiger partial charge in [0.15, 0.2) is 5.76 Å². The van der Waals surface area contributed by atoms with Crippen LogP contribution in [0.25, 0.3) is 22.2 Å². The number of oxazole rings is 1. The third-order valence-corrected chi connectivity index (χ3v) is 4.01. The van der Waals surface area contributed by atoms with Gasteiger partial charge in [0, 0.05) is 17.7 Å². The number of nitrogens with zero attached hydrogens (tertiary/aromatic N) is 4. The number of halogens is 1. The van der Waals surface area contributed by atoms with Crippen molar-refractivity contribution < 1.29 is 13.7 Å². The van der Waals surface area contributed by atoms with Crippen molar-refractivity contribution in [3.05, 3.63) is 87.2 Å². The van der Waals surface area contributed by atoms with E-state index >= 15 is 0 Å². The van der Waals surface area contributed by atoms with Crippen molar-refractivity contribution in [3.8, 4) is 11.3 Å². The van der Waals surface area contributed by atoms with Crippen molar-refractivity contribution in [2.75, 3.05) is 0 Å². The van der Waals surface area contributed by atoms with E-state index in [4.69, 9.17) is 4.42 Å². The smallest absolute Gasteiger partial charge is 0.271 e. The highest BCUT2D eigenvalue weighted by Gasteiger charge is 2.12. The van der Waals surface area contributed by atoms with E-state index in [0.717, 1.165) is 0 Å². The average Bonchev–Trinajstić information content (AvgIpc) is 3.13. The molecule has 2 aromatic carbocycles. The fourth-order valence-corrected chi connectivity index (χ4v) is 2.65. The summed E-state index contributed by atoms with van der Waals surface area (Å²) in [5.74, 6) is 0.370. The van der Waals surface area contributed by atoms with Gasteiger partial charge < -0.3 is 4.42 Å². The zero-order valence-electron chi connectivity index (χ0n) is 13.7. The maximum Gasteiger partial charge on any atom is 0.271 e. The molecule has 0 amide bonds. The fourth-order valence-electron chi connectivity index (χ4n) is 2.65. The molecule has 0 radical (unpaired) electrons. The summed E-state index contributed by atoms with van der Waals surface area (Å²) in [5, 5.41) is 11.1. The molecule has 2 aromatic heterocycles. The monoisotopic (exact) mass is 366 g/mol. The van der Waals surface area contributed by atoms with Crippen LogP contribution < -0.4 is 5.56 Å². The number of hydrogen-bond donors (Lipinski definition) is 0. The van der Waals surface area contributed by atoms with Crippen molar-refractivity contribution in [3.63, 3.8) is 0 Å². The molecule has 0 saturated heterocycles. The Morgan fingerprint density at radius 3 is 2.67 bits per heavy atom. The molecule has 0 aliphatic heterocycles. The summed E-state index contributed by atoms with van der Waals surface area (Å²) < 4.78 is 19.9. The van der Waals surface area contributed by atoms with Gasteiger partial charge in [-0.25, -0.2) is 14.4 Å². The van der Waals surface area contributed by atoms with Crippen LogP contribution in [0.5, 0.6) is 0 Å². The number of non-ortho nitro benzene ring substituents is 1. The zero-order chi connectivity index (χ0) is 19.0. The van der Waals surface area contributed by atoms with E-state index in [0.29, 0.717) is 11.3 Å². The molecule has 0 aliphatic carbocycles. The van der Waals surface area contributed by atoms with Crippen LogP contribution in [-0.2, 0) is 6.54 Å². The maximum atomic E-state index is 13.0. The molecule has 0 aliphatic rings. The van der Waals surface area contributed by atoms with E-state index < -0.39 is 4.92 Å². The first kappa shape index (κ1) is 16.6. The van der Waals surface area contributed by atoms with E-state index in [2.05, 4.69) is 9.97 Å². The fraction of sp³-hybridized carbons (Fsp3) is 0.0556. The van der Waals surface area contributed by atoms with Crippen molar-refractivity contribution in [2.24, 2.45) is 0 Å². The van der Waals surface area contributed by atoms with Crippen LogP contribution >= 0.6 is 0 Å². The number of nitro groups is 1. The van der Waals surface area contributed by atoms with Crippen LogP contribution in [0.3, 0.4) is 0 Å². The molecule has 0 bridgehead atoms. The summed E-state index contributed by atoms with van der Waals surface area (Å²) in [6, 6.07) is 9.64. The van der Waals surface area contributed by atoms with Crippen LogP contribution in [0, 0.1) is 15.9 Å². The predicted molar refractivity (Wildman–Crippen MR) is 93.7 cm³/mol. The Hall–Kier alpha value is -3.88. The van der Waals surface area contributed by atoms with Crippen molar-refractivity contribution in [2.45, 2.75) is 6.54 Å². The van der Waals surface area contributed by atoms with Gasteiger partial charge in [0.05, 0.1) is 28.4 Å². The van der Waals surface area contributed by atoms with E-state index in [9.17, 15) is 19.3 Å². The lowest BCUT2D eigenvalue weighted by Gasteiger charge is -2.04. The maximum absolute atomic E-state index is 13.0. The molecule has 0 spiro atoms. The second kappa shape index (κ2) is 6.45. The lowest BCUT2D eigenvalue weighted by Crippen LogP contribution is -2.21. The molecular formula is C18H11FN4O4. The van der Waals surface area contributed by atoms with E-state index in [1.54, 1.807) is 12.1 Å². The molecule has 0 N–H and O–H groups in total. The van der Waals surface area contributed by atoms with Crippen LogP contribution in [0.1, 0.15) is 5.89 Å². The van der Waals surface area contributed by atoms with Crippen molar-refractivity contribution in [1.82, 2.24) is 14.5 Å². The normalized spacial score (nSPS) is 11.0. The highest BCUT2D eigenvalue weighted by molar-refractivity contribution is 5.79. The molecule has 27 heavy (non-hydrogen) atoms. The Bertz CT molecular complexity index is 1210. The highest BCUT2D eigenvalue weighted by atomic mass is 19.1. The quantitative estimate of drug-likeness (QED) is 0.406. The number of rotatable bonds is 4. The minimum atomic E-state index is -0.545. The summed E-state index contributed by atoms with van der Waals surface area (Å²) in [4.78, 5) is 31.1. The van der Waals surface area contributed by atoms with E-state index in [1.165, 1.54) is 47.4 Å².